The van der Waals surface area contributed by atoms with Gasteiger partial charge in [-0.1, -0.05) is 62.4 Å². The van der Waals surface area contributed by atoms with Gasteiger partial charge in [0, 0.05) is 27.1 Å². The van der Waals surface area contributed by atoms with Crippen molar-refractivity contribution in [3.05, 3.63) is 137 Å². The number of carbonyl (C=O) groups is 3. The number of nitrogens with zero attached hydrogens (tertiary/aromatic N) is 1. The van der Waals surface area contributed by atoms with Crippen molar-refractivity contribution in [1.82, 2.24) is 10.3 Å². The molecule has 47 heavy (non-hydrogen) atoms. The molecule has 1 aromatic heterocycles. The Kier molecular flexibility index (Phi) is 11.0. The van der Waals surface area contributed by atoms with Crippen molar-refractivity contribution in [1.29, 1.82) is 0 Å². The van der Waals surface area contributed by atoms with Crippen molar-refractivity contribution in [2.24, 2.45) is 0 Å². The monoisotopic (exact) mass is 664 g/mol. The summed E-state index contributed by atoms with van der Waals surface area (Å²) in [7, 11) is 0. The Labute approximate surface area is 281 Å². The molecular weight excluding hydrogens is 632 g/mol. The molecule has 0 saturated carbocycles. The fraction of sp³-hybridized carbons (Fsp3) is 0.135. The Balaban J connectivity index is 1.26. The number of halogens is 1. The van der Waals surface area contributed by atoms with Crippen LogP contribution >= 0.6 is 23.1 Å². The summed E-state index contributed by atoms with van der Waals surface area (Å²) in [6.07, 6.45) is 1.64. The lowest BCUT2D eigenvalue weighted by Crippen LogP contribution is -2.30. The third-order valence-electron chi connectivity index (χ3n) is 7.09. The molecule has 7 nitrogen and oxygen atoms in total. The van der Waals surface area contributed by atoms with Crippen LogP contribution in [0.3, 0.4) is 0 Å². The Bertz CT molecular complexity index is 1890. The number of amides is 3. The molecule has 4 aromatic carbocycles. The zero-order valence-electron chi connectivity index (χ0n) is 26.0. The highest BCUT2D eigenvalue weighted by molar-refractivity contribution is 8.00. The van der Waals surface area contributed by atoms with Gasteiger partial charge in [-0.25, -0.2) is 9.37 Å². The number of benzene rings is 4. The quantitative estimate of drug-likeness (QED) is 0.0970. The summed E-state index contributed by atoms with van der Waals surface area (Å²) in [6.45, 7) is 6.00. The third kappa shape index (κ3) is 9.25. The van der Waals surface area contributed by atoms with E-state index < -0.39 is 17.1 Å². The first kappa shape index (κ1) is 33.3. The van der Waals surface area contributed by atoms with Crippen molar-refractivity contribution in [2.75, 3.05) is 10.6 Å². The van der Waals surface area contributed by atoms with E-state index in [0.717, 1.165) is 16.0 Å². The van der Waals surface area contributed by atoms with Gasteiger partial charge in [-0.3, -0.25) is 14.4 Å². The molecule has 0 aliphatic rings. The van der Waals surface area contributed by atoms with E-state index in [1.807, 2.05) is 36.4 Å². The molecule has 0 spiro atoms. The van der Waals surface area contributed by atoms with Crippen LogP contribution in [0.1, 0.15) is 48.2 Å². The van der Waals surface area contributed by atoms with Gasteiger partial charge in [0.15, 0.2) is 5.13 Å². The van der Waals surface area contributed by atoms with E-state index in [0.29, 0.717) is 28.0 Å². The van der Waals surface area contributed by atoms with Gasteiger partial charge in [-0.2, -0.15) is 0 Å². The predicted octanol–water partition coefficient (Wildman–Crippen LogP) is 8.60. The van der Waals surface area contributed by atoms with Crippen LogP contribution in [-0.2, 0) is 9.59 Å². The molecule has 3 N–H and O–H groups in total. The summed E-state index contributed by atoms with van der Waals surface area (Å²) in [5, 5.41) is 10.3. The number of rotatable bonds is 11. The summed E-state index contributed by atoms with van der Waals surface area (Å²) in [5.74, 6) is -1.09. The number of hydrogen-bond donors (Lipinski definition) is 3. The summed E-state index contributed by atoms with van der Waals surface area (Å²) < 4.78 is 13.3. The molecule has 0 aliphatic heterocycles. The molecule has 0 radical (unpaired) electrons. The Hall–Kier alpha value is -5.06. The molecule has 1 atom stereocenters. The molecule has 3 amide bonds. The van der Waals surface area contributed by atoms with Gasteiger partial charge in [0.05, 0.1) is 10.9 Å². The highest BCUT2D eigenvalue weighted by Crippen LogP contribution is 2.29. The molecule has 0 bridgehead atoms. The van der Waals surface area contributed by atoms with Gasteiger partial charge in [0.2, 0.25) is 5.91 Å². The zero-order valence-corrected chi connectivity index (χ0v) is 27.6. The van der Waals surface area contributed by atoms with E-state index >= 15 is 0 Å². The number of nitrogens with one attached hydrogen (secondary N) is 3. The van der Waals surface area contributed by atoms with Crippen LogP contribution < -0.4 is 16.0 Å². The van der Waals surface area contributed by atoms with Crippen molar-refractivity contribution in [3.8, 4) is 11.3 Å². The lowest BCUT2D eigenvalue weighted by Gasteiger charge is -2.14. The minimum Gasteiger partial charge on any atom is -0.321 e. The average Bonchev–Trinajstić information content (AvgIpc) is 3.53. The van der Waals surface area contributed by atoms with E-state index in [-0.39, 0.29) is 17.4 Å². The van der Waals surface area contributed by atoms with E-state index in [2.05, 4.69) is 34.8 Å². The second-order valence-electron chi connectivity index (χ2n) is 11.0. The molecule has 10 heteroatoms. The smallest absolute Gasteiger partial charge is 0.272 e. The number of thioether (sulfide) groups is 1. The lowest BCUT2D eigenvalue weighted by atomic mass is 10.0. The highest BCUT2D eigenvalue weighted by Gasteiger charge is 2.18. The Morgan fingerprint density at radius 1 is 0.851 bits per heavy atom. The van der Waals surface area contributed by atoms with Gasteiger partial charge in [-0.15, -0.1) is 23.1 Å². The maximum Gasteiger partial charge on any atom is 0.272 e. The normalized spacial score (nSPS) is 12.0. The number of carbonyl (C=O) groups excluding carboxylic acids is 3. The van der Waals surface area contributed by atoms with Crippen molar-refractivity contribution < 1.29 is 18.8 Å². The fourth-order valence-corrected chi connectivity index (χ4v) is 6.13. The van der Waals surface area contributed by atoms with Crippen LogP contribution in [0.15, 0.2) is 119 Å². The molecule has 238 valence electrons. The van der Waals surface area contributed by atoms with E-state index in [4.69, 9.17) is 0 Å². The maximum absolute atomic E-state index is 13.5. The van der Waals surface area contributed by atoms with Gasteiger partial charge >= 0.3 is 0 Å². The minimum absolute atomic E-state index is 0.0883. The lowest BCUT2D eigenvalue weighted by molar-refractivity contribution is -0.115. The van der Waals surface area contributed by atoms with Gasteiger partial charge in [0.25, 0.3) is 11.8 Å². The van der Waals surface area contributed by atoms with Crippen LogP contribution in [-0.4, -0.2) is 28.0 Å². The summed E-state index contributed by atoms with van der Waals surface area (Å²) in [5.41, 5.74) is 4.36. The molecule has 0 saturated heterocycles. The molecule has 1 unspecified atom stereocenters. The highest BCUT2D eigenvalue weighted by atomic mass is 32.2. The standard InChI is InChI=1S/C37H33FN4O3S2/c1-23(2)26-14-12-25(13-15-26)20-32(40-35(44)28-8-5-4-6-9-28)36(45)39-30-10-7-11-31(21-30)47-24(3)34(43)42-37-41-33(22-46-37)27-16-18-29(38)19-17-27/h4-24H,1-3H3,(H,39,45)(H,40,44)(H,41,42,43)/b32-20+. The minimum atomic E-state index is -0.490. The van der Waals surface area contributed by atoms with Crippen LogP contribution in [0, 0.1) is 5.82 Å². The fourth-order valence-electron chi connectivity index (χ4n) is 4.48. The van der Waals surface area contributed by atoms with Crippen LogP contribution in [0.25, 0.3) is 17.3 Å². The predicted molar refractivity (Wildman–Crippen MR) is 189 cm³/mol. The SMILES string of the molecule is CC(Sc1cccc(NC(=O)/C(=C\c2ccc(C(C)C)cc2)NC(=O)c2ccccc2)c1)C(=O)Nc1nc(-c2ccc(F)cc2)cs1. The summed E-state index contributed by atoms with van der Waals surface area (Å²) >= 11 is 2.62. The first-order valence-electron chi connectivity index (χ1n) is 14.9. The van der Waals surface area contributed by atoms with Crippen LogP contribution in [0.4, 0.5) is 15.2 Å². The number of thiazole rings is 1. The first-order chi connectivity index (χ1) is 22.6. The van der Waals surface area contributed by atoms with Gasteiger partial charge in [-0.05, 0) is 84.6 Å². The van der Waals surface area contributed by atoms with Gasteiger partial charge in [0.1, 0.15) is 11.5 Å². The Morgan fingerprint density at radius 2 is 1.57 bits per heavy atom. The van der Waals surface area contributed by atoms with Crippen molar-refractivity contribution >= 4 is 57.7 Å². The van der Waals surface area contributed by atoms with Gasteiger partial charge < -0.3 is 16.0 Å². The number of aromatic nitrogens is 1. The molecule has 0 fully saturated rings. The zero-order chi connectivity index (χ0) is 33.3. The molecule has 5 rings (SSSR count). The van der Waals surface area contributed by atoms with Crippen LogP contribution in [0.5, 0.6) is 0 Å². The third-order valence-corrected chi connectivity index (χ3v) is 8.94. The average molecular weight is 665 g/mol. The second-order valence-corrected chi connectivity index (χ2v) is 13.2. The summed E-state index contributed by atoms with van der Waals surface area (Å²) in [4.78, 5) is 44.7. The number of anilines is 2. The molecule has 5 aromatic rings. The first-order valence-corrected chi connectivity index (χ1v) is 16.7. The molecular formula is C37H33FN4O3S2. The maximum atomic E-state index is 13.5. The molecule has 0 aliphatic carbocycles. The topological polar surface area (TPSA) is 100 Å². The van der Waals surface area contributed by atoms with Crippen molar-refractivity contribution in [2.45, 2.75) is 36.8 Å². The van der Waals surface area contributed by atoms with E-state index in [1.165, 1.54) is 40.8 Å². The molecule has 1 heterocycles. The Morgan fingerprint density at radius 3 is 2.28 bits per heavy atom. The number of hydrogen-bond acceptors (Lipinski definition) is 6. The van der Waals surface area contributed by atoms with E-state index in [9.17, 15) is 18.8 Å². The van der Waals surface area contributed by atoms with E-state index in [1.54, 1.807) is 73.0 Å². The van der Waals surface area contributed by atoms with Crippen LogP contribution in [0.2, 0.25) is 0 Å². The summed E-state index contributed by atoms with van der Waals surface area (Å²) in [6, 6.07) is 29.7. The largest absolute Gasteiger partial charge is 0.321 e. The second kappa shape index (κ2) is 15.5. The van der Waals surface area contributed by atoms with Crippen molar-refractivity contribution in [3.63, 3.8) is 0 Å².